The van der Waals surface area contributed by atoms with Crippen LogP contribution in [0.1, 0.15) is 0 Å². The normalized spacial score (nSPS) is 10.2. The first-order valence-electron chi connectivity index (χ1n) is 5.61. The molecule has 1 amide bonds. The second-order valence-electron chi connectivity index (χ2n) is 3.98. The van der Waals surface area contributed by atoms with Gasteiger partial charge in [-0.1, -0.05) is 23.1 Å². The summed E-state index contributed by atoms with van der Waals surface area (Å²) in [6.45, 7) is 0. The number of nitrogens with one attached hydrogen (secondary N) is 1. The fourth-order valence-corrected chi connectivity index (χ4v) is 2.68. The van der Waals surface area contributed by atoms with E-state index in [0.717, 1.165) is 15.7 Å². The molecular weight excluding hydrogens is 280 g/mol. The first-order valence-corrected chi connectivity index (χ1v) is 7.48. The number of rotatable bonds is 5. The number of benzene rings is 1. The van der Waals surface area contributed by atoms with E-state index in [0.29, 0.717) is 5.75 Å². The monoisotopic (exact) mass is 294 g/mol. The lowest BCUT2D eigenvalue weighted by Gasteiger charge is -2.12. The quantitative estimate of drug-likeness (QED) is 0.858. The molecule has 0 aliphatic carbocycles. The lowest BCUT2D eigenvalue weighted by molar-refractivity contribution is -0.113. The number of carbonyl (C=O) groups excluding carboxylic acids is 1. The molecule has 1 aromatic heterocycles. The Morgan fingerprint density at radius 1 is 1.37 bits per heavy atom. The average Bonchev–Trinajstić information content (AvgIpc) is 2.90. The fourth-order valence-electron chi connectivity index (χ4n) is 1.39. The first kappa shape index (κ1) is 13.8. The third kappa shape index (κ3) is 4.22. The largest absolute Gasteiger partial charge is 0.378 e. The molecule has 0 bridgehead atoms. The SMILES string of the molecule is CN(C)c1ccc(NC(=O)CSc2nncs2)cc1. The lowest BCUT2D eigenvalue weighted by Crippen LogP contribution is -2.14. The van der Waals surface area contributed by atoms with Gasteiger partial charge in [0, 0.05) is 25.5 Å². The van der Waals surface area contributed by atoms with Gasteiger partial charge in [0.05, 0.1) is 5.75 Å². The van der Waals surface area contributed by atoms with Gasteiger partial charge in [0.2, 0.25) is 5.91 Å². The molecule has 0 unspecified atom stereocenters. The van der Waals surface area contributed by atoms with E-state index in [1.165, 1.54) is 23.1 Å². The highest BCUT2D eigenvalue weighted by atomic mass is 32.2. The van der Waals surface area contributed by atoms with Gasteiger partial charge in [0.15, 0.2) is 4.34 Å². The van der Waals surface area contributed by atoms with Crippen LogP contribution in [-0.2, 0) is 4.79 Å². The Labute approximate surface area is 120 Å². The smallest absolute Gasteiger partial charge is 0.234 e. The van der Waals surface area contributed by atoms with Crippen LogP contribution in [0.3, 0.4) is 0 Å². The Bertz CT molecular complexity index is 525. The summed E-state index contributed by atoms with van der Waals surface area (Å²) >= 11 is 2.82. The molecule has 1 N–H and O–H groups in total. The van der Waals surface area contributed by atoms with Gasteiger partial charge in [-0.2, -0.15) is 0 Å². The van der Waals surface area contributed by atoms with Crippen molar-refractivity contribution in [3.63, 3.8) is 0 Å². The second kappa shape index (κ2) is 6.53. The maximum Gasteiger partial charge on any atom is 0.234 e. The molecule has 2 rings (SSSR count). The van der Waals surface area contributed by atoms with Crippen molar-refractivity contribution in [1.29, 1.82) is 0 Å². The van der Waals surface area contributed by atoms with Crippen molar-refractivity contribution >= 4 is 40.4 Å². The van der Waals surface area contributed by atoms with Crippen LogP contribution in [0.4, 0.5) is 11.4 Å². The van der Waals surface area contributed by atoms with Gasteiger partial charge in [-0.05, 0) is 24.3 Å². The van der Waals surface area contributed by atoms with Crippen molar-refractivity contribution in [2.24, 2.45) is 0 Å². The zero-order chi connectivity index (χ0) is 13.7. The van der Waals surface area contributed by atoms with Crippen LogP contribution in [-0.4, -0.2) is 36.0 Å². The van der Waals surface area contributed by atoms with Gasteiger partial charge in [0.1, 0.15) is 5.51 Å². The minimum Gasteiger partial charge on any atom is -0.378 e. The molecule has 5 nitrogen and oxygen atoms in total. The summed E-state index contributed by atoms with van der Waals surface area (Å²) in [5, 5.41) is 10.4. The number of anilines is 2. The number of thioether (sulfide) groups is 1. The number of aromatic nitrogens is 2. The summed E-state index contributed by atoms with van der Waals surface area (Å²) in [6.07, 6.45) is 0. The first-order chi connectivity index (χ1) is 9.15. The Morgan fingerprint density at radius 2 is 2.11 bits per heavy atom. The number of carbonyl (C=O) groups is 1. The van der Waals surface area contributed by atoms with E-state index in [-0.39, 0.29) is 5.91 Å². The molecule has 0 aliphatic rings. The second-order valence-corrected chi connectivity index (χ2v) is 6.04. The van der Waals surface area contributed by atoms with E-state index in [9.17, 15) is 4.79 Å². The maximum atomic E-state index is 11.7. The van der Waals surface area contributed by atoms with Crippen LogP contribution in [0.15, 0.2) is 34.1 Å². The Hall–Kier alpha value is -1.60. The summed E-state index contributed by atoms with van der Waals surface area (Å²) in [6, 6.07) is 7.71. The maximum absolute atomic E-state index is 11.7. The van der Waals surface area contributed by atoms with E-state index in [1.54, 1.807) is 5.51 Å². The Kier molecular flexibility index (Phi) is 4.75. The predicted octanol–water partition coefficient (Wildman–Crippen LogP) is 2.33. The van der Waals surface area contributed by atoms with Crippen LogP contribution < -0.4 is 10.2 Å². The molecule has 0 saturated heterocycles. The van der Waals surface area contributed by atoms with E-state index < -0.39 is 0 Å². The molecule has 2 aromatic rings. The van der Waals surface area contributed by atoms with Gasteiger partial charge >= 0.3 is 0 Å². The minimum absolute atomic E-state index is 0.0437. The molecule has 19 heavy (non-hydrogen) atoms. The molecular formula is C12H14N4OS2. The van der Waals surface area contributed by atoms with Crippen molar-refractivity contribution in [2.45, 2.75) is 4.34 Å². The molecule has 7 heteroatoms. The zero-order valence-corrected chi connectivity index (χ0v) is 12.3. The van der Waals surface area contributed by atoms with E-state index in [1.807, 2.05) is 43.3 Å². The summed E-state index contributed by atoms with van der Waals surface area (Å²) in [5.41, 5.74) is 3.55. The highest BCUT2D eigenvalue weighted by Crippen LogP contribution is 2.20. The number of hydrogen-bond donors (Lipinski definition) is 1. The highest BCUT2D eigenvalue weighted by molar-refractivity contribution is 8.01. The topological polar surface area (TPSA) is 58.1 Å². The Morgan fingerprint density at radius 3 is 2.68 bits per heavy atom. The molecule has 0 saturated carbocycles. The van der Waals surface area contributed by atoms with E-state index in [4.69, 9.17) is 0 Å². The van der Waals surface area contributed by atoms with Gasteiger partial charge in [0.25, 0.3) is 0 Å². The lowest BCUT2D eigenvalue weighted by atomic mass is 10.2. The summed E-state index contributed by atoms with van der Waals surface area (Å²) < 4.78 is 0.804. The van der Waals surface area contributed by atoms with Crippen molar-refractivity contribution in [3.05, 3.63) is 29.8 Å². The van der Waals surface area contributed by atoms with E-state index >= 15 is 0 Å². The third-order valence-electron chi connectivity index (χ3n) is 2.33. The molecule has 0 atom stereocenters. The molecule has 0 fully saturated rings. The van der Waals surface area contributed by atoms with Crippen molar-refractivity contribution in [2.75, 3.05) is 30.1 Å². The van der Waals surface area contributed by atoms with Gasteiger partial charge < -0.3 is 10.2 Å². The van der Waals surface area contributed by atoms with Crippen molar-refractivity contribution < 1.29 is 4.79 Å². The van der Waals surface area contributed by atoms with Crippen LogP contribution in [0.25, 0.3) is 0 Å². The fraction of sp³-hybridized carbons (Fsp3) is 0.250. The summed E-state index contributed by atoms with van der Waals surface area (Å²) in [7, 11) is 3.96. The number of hydrogen-bond acceptors (Lipinski definition) is 6. The van der Waals surface area contributed by atoms with Crippen molar-refractivity contribution in [1.82, 2.24) is 10.2 Å². The number of nitrogens with zero attached hydrogens (tertiary/aromatic N) is 3. The van der Waals surface area contributed by atoms with Gasteiger partial charge in [-0.3, -0.25) is 4.79 Å². The van der Waals surface area contributed by atoms with Crippen LogP contribution in [0.5, 0.6) is 0 Å². The Balaban J connectivity index is 1.84. The molecule has 1 heterocycles. The molecule has 0 spiro atoms. The molecule has 1 aromatic carbocycles. The van der Waals surface area contributed by atoms with Crippen LogP contribution >= 0.6 is 23.1 Å². The predicted molar refractivity (Wildman–Crippen MR) is 80.0 cm³/mol. The van der Waals surface area contributed by atoms with Crippen molar-refractivity contribution in [3.8, 4) is 0 Å². The summed E-state index contributed by atoms with van der Waals surface area (Å²) in [5.74, 6) is 0.294. The standard InChI is InChI=1S/C12H14N4OS2/c1-16(2)10-5-3-9(4-6-10)14-11(17)7-18-12-15-13-8-19-12/h3-6,8H,7H2,1-2H3,(H,14,17). The summed E-state index contributed by atoms with van der Waals surface area (Å²) in [4.78, 5) is 13.8. The van der Waals surface area contributed by atoms with Gasteiger partial charge in [-0.25, -0.2) is 0 Å². The highest BCUT2D eigenvalue weighted by Gasteiger charge is 2.05. The van der Waals surface area contributed by atoms with E-state index in [2.05, 4.69) is 15.5 Å². The van der Waals surface area contributed by atoms with Gasteiger partial charge in [-0.15, -0.1) is 10.2 Å². The zero-order valence-electron chi connectivity index (χ0n) is 10.7. The molecule has 100 valence electrons. The molecule has 0 radical (unpaired) electrons. The average molecular weight is 294 g/mol. The van der Waals surface area contributed by atoms with Crippen LogP contribution in [0.2, 0.25) is 0 Å². The third-order valence-corrected chi connectivity index (χ3v) is 4.19. The molecule has 0 aliphatic heterocycles. The minimum atomic E-state index is -0.0437. The number of amides is 1. The van der Waals surface area contributed by atoms with Crippen LogP contribution in [0, 0.1) is 0 Å².